The number of piperazine rings is 1. The number of carbonyl (C=O) groups is 1. The van der Waals surface area contributed by atoms with Gasteiger partial charge in [-0.2, -0.15) is 0 Å². The molecule has 0 saturated carbocycles. The summed E-state index contributed by atoms with van der Waals surface area (Å²) in [7, 11) is 0. The lowest BCUT2D eigenvalue weighted by atomic mass is 10.1. The molecule has 0 atom stereocenters. The van der Waals surface area contributed by atoms with Crippen LogP contribution in [0.4, 0.5) is 5.82 Å². The van der Waals surface area contributed by atoms with Crippen LogP contribution in [0.3, 0.4) is 0 Å². The SMILES string of the molecule is CC(C)CNC(=O)c1cccc(CSc2nc(-c3ccccc3)cc(N3CCN(Cc4ccc5c(c4)OCO5)CC3)n2)c1. The van der Waals surface area contributed by atoms with E-state index in [1.807, 2.05) is 48.5 Å². The molecule has 6 rings (SSSR count). The van der Waals surface area contributed by atoms with Gasteiger partial charge < -0.3 is 19.7 Å². The minimum Gasteiger partial charge on any atom is -0.454 e. The van der Waals surface area contributed by atoms with E-state index in [4.69, 9.17) is 19.4 Å². The molecule has 1 amide bonds. The summed E-state index contributed by atoms with van der Waals surface area (Å²) in [6.07, 6.45) is 0. The largest absolute Gasteiger partial charge is 0.454 e. The molecule has 3 heterocycles. The van der Waals surface area contributed by atoms with Gasteiger partial charge >= 0.3 is 0 Å². The van der Waals surface area contributed by atoms with Crippen LogP contribution >= 0.6 is 11.8 Å². The van der Waals surface area contributed by atoms with Gasteiger partial charge in [0.2, 0.25) is 6.79 Å². The van der Waals surface area contributed by atoms with Gasteiger partial charge in [0.05, 0.1) is 5.69 Å². The molecule has 0 bridgehead atoms. The third-order valence-corrected chi connectivity index (χ3v) is 8.45. The lowest BCUT2D eigenvalue weighted by molar-refractivity contribution is 0.0949. The van der Waals surface area contributed by atoms with Crippen molar-refractivity contribution in [1.29, 1.82) is 0 Å². The first kappa shape index (κ1) is 29.0. The summed E-state index contributed by atoms with van der Waals surface area (Å²) < 4.78 is 11.0. The van der Waals surface area contributed by atoms with Crippen molar-refractivity contribution < 1.29 is 14.3 Å². The summed E-state index contributed by atoms with van der Waals surface area (Å²) in [6.45, 7) is 9.65. The Kier molecular flexibility index (Phi) is 9.10. The molecule has 0 aliphatic carbocycles. The number of carbonyl (C=O) groups excluding carboxylic acids is 1. The van der Waals surface area contributed by atoms with E-state index in [1.54, 1.807) is 11.8 Å². The Morgan fingerprint density at radius 1 is 0.884 bits per heavy atom. The summed E-state index contributed by atoms with van der Waals surface area (Å²) in [6, 6.07) is 26.4. The second-order valence-electron chi connectivity index (χ2n) is 11.3. The standard InChI is InChI=1S/C34H37N5O3S/c1-24(2)20-35-33(40)28-10-6-7-26(17-28)22-43-34-36-29(27-8-4-3-5-9-27)19-32(37-34)39-15-13-38(14-16-39)21-25-11-12-30-31(18-25)42-23-41-30/h3-12,17-19,24H,13-16,20-23H2,1-2H3,(H,35,40). The number of aromatic nitrogens is 2. The van der Waals surface area contributed by atoms with Crippen LogP contribution in [0.25, 0.3) is 11.3 Å². The summed E-state index contributed by atoms with van der Waals surface area (Å²) in [5, 5.41) is 3.74. The minimum atomic E-state index is -0.0390. The smallest absolute Gasteiger partial charge is 0.251 e. The van der Waals surface area contributed by atoms with E-state index in [0.717, 1.165) is 72.0 Å². The number of thioether (sulfide) groups is 1. The lowest BCUT2D eigenvalue weighted by Gasteiger charge is -2.35. The predicted molar refractivity (Wildman–Crippen MR) is 171 cm³/mol. The topological polar surface area (TPSA) is 79.8 Å². The van der Waals surface area contributed by atoms with Crippen LogP contribution < -0.4 is 19.7 Å². The van der Waals surface area contributed by atoms with Crippen molar-refractivity contribution in [3.05, 3.63) is 95.6 Å². The number of nitrogens with one attached hydrogen (secondary N) is 1. The van der Waals surface area contributed by atoms with Gasteiger partial charge in [-0.1, -0.05) is 74.1 Å². The molecule has 1 aromatic heterocycles. The number of benzene rings is 3. The molecular formula is C34H37N5O3S. The molecule has 0 spiro atoms. The normalized spacial score (nSPS) is 14.7. The maximum absolute atomic E-state index is 12.6. The molecule has 8 nitrogen and oxygen atoms in total. The molecule has 2 aliphatic heterocycles. The Morgan fingerprint density at radius 2 is 1.70 bits per heavy atom. The lowest BCUT2D eigenvalue weighted by Crippen LogP contribution is -2.46. The van der Waals surface area contributed by atoms with Crippen molar-refractivity contribution in [2.75, 3.05) is 44.4 Å². The van der Waals surface area contributed by atoms with E-state index in [2.05, 4.69) is 59.3 Å². The fourth-order valence-corrected chi connectivity index (χ4v) is 5.97. The average Bonchev–Trinajstić information content (AvgIpc) is 3.51. The molecular weight excluding hydrogens is 558 g/mol. The predicted octanol–water partition coefficient (Wildman–Crippen LogP) is 5.87. The summed E-state index contributed by atoms with van der Waals surface area (Å²) >= 11 is 1.60. The Hall–Kier alpha value is -4.08. The van der Waals surface area contributed by atoms with Crippen LogP contribution in [0.1, 0.15) is 35.3 Å². The Labute approximate surface area is 257 Å². The van der Waals surface area contributed by atoms with Crippen LogP contribution in [-0.4, -0.2) is 60.3 Å². The van der Waals surface area contributed by atoms with E-state index >= 15 is 0 Å². The third-order valence-electron chi connectivity index (χ3n) is 7.53. The molecule has 222 valence electrons. The zero-order chi connectivity index (χ0) is 29.6. The van der Waals surface area contributed by atoms with Gasteiger partial charge in [-0.15, -0.1) is 0 Å². The Balaban J connectivity index is 1.14. The maximum Gasteiger partial charge on any atom is 0.251 e. The summed E-state index contributed by atoms with van der Waals surface area (Å²) in [4.78, 5) is 27.4. The zero-order valence-corrected chi connectivity index (χ0v) is 25.5. The Morgan fingerprint density at radius 3 is 2.51 bits per heavy atom. The van der Waals surface area contributed by atoms with Gasteiger partial charge in [0, 0.05) is 62.2 Å². The van der Waals surface area contributed by atoms with Gasteiger partial charge in [0.1, 0.15) is 5.82 Å². The average molecular weight is 596 g/mol. The second-order valence-corrected chi connectivity index (χ2v) is 12.2. The number of hydrogen-bond acceptors (Lipinski definition) is 8. The number of amides is 1. The van der Waals surface area contributed by atoms with Crippen molar-refractivity contribution in [2.24, 2.45) is 5.92 Å². The molecule has 1 N–H and O–H groups in total. The highest BCUT2D eigenvalue weighted by Crippen LogP contribution is 2.33. The van der Waals surface area contributed by atoms with Gasteiger partial charge in [0.25, 0.3) is 5.91 Å². The van der Waals surface area contributed by atoms with Crippen LogP contribution in [0.2, 0.25) is 0 Å². The molecule has 0 radical (unpaired) electrons. The summed E-state index contributed by atoms with van der Waals surface area (Å²) in [5.41, 5.74) is 4.95. The van der Waals surface area contributed by atoms with Crippen molar-refractivity contribution >= 4 is 23.5 Å². The Bertz CT molecular complexity index is 1560. The number of fused-ring (bicyclic) bond motifs is 1. The number of rotatable bonds is 10. The second kappa shape index (κ2) is 13.5. The fourth-order valence-electron chi connectivity index (χ4n) is 5.18. The van der Waals surface area contributed by atoms with Gasteiger partial charge in [-0.25, -0.2) is 9.97 Å². The van der Waals surface area contributed by atoms with Crippen molar-refractivity contribution in [1.82, 2.24) is 20.2 Å². The molecule has 4 aromatic rings. The third kappa shape index (κ3) is 7.47. The number of nitrogens with zero attached hydrogens (tertiary/aromatic N) is 4. The number of ether oxygens (including phenoxy) is 2. The molecule has 3 aromatic carbocycles. The highest BCUT2D eigenvalue weighted by Gasteiger charge is 2.21. The first-order valence-electron chi connectivity index (χ1n) is 14.8. The number of hydrogen-bond donors (Lipinski definition) is 1. The number of anilines is 1. The molecule has 9 heteroatoms. The van der Waals surface area contributed by atoms with Gasteiger partial charge in [-0.05, 0) is 41.3 Å². The van der Waals surface area contributed by atoms with E-state index in [9.17, 15) is 4.79 Å². The monoisotopic (exact) mass is 595 g/mol. The first-order valence-corrected chi connectivity index (χ1v) is 15.8. The molecule has 1 saturated heterocycles. The van der Waals surface area contributed by atoms with Crippen molar-refractivity contribution in [2.45, 2.75) is 31.3 Å². The summed E-state index contributed by atoms with van der Waals surface area (Å²) in [5.74, 6) is 3.64. The maximum atomic E-state index is 12.6. The molecule has 0 unspecified atom stereocenters. The molecule has 2 aliphatic rings. The van der Waals surface area contributed by atoms with E-state index < -0.39 is 0 Å². The van der Waals surface area contributed by atoms with Crippen LogP contribution in [0.5, 0.6) is 11.5 Å². The highest BCUT2D eigenvalue weighted by molar-refractivity contribution is 7.98. The van der Waals surface area contributed by atoms with Gasteiger partial charge in [0.15, 0.2) is 16.7 Å². The quantitative estimate of drug-likeness (QED) is 0.180. The van der Waals surface area contributed by atoms with E-state index in [-0.39, 0.29) is 5.91 Å². The van der Waals surface area contributed by atoms with Gasteiger partial charge in [-0.3, -0.25) is 9.69 Å². The fraction of sp³-hybridized carbons (Fsp3) is 0.324. The van der Waals surface area contributed by atoms with E-state index in [1.165, 1.54) is 5.56 Å². The van der Waals surface area contributed by atoms with Crippen LogP contribution in [-0.2, 0) is 12.3 Å². The van der Waals surface area contributed by atoms with Crippen molar-refractivity contribution in [3.63, 3.8) is 0 Å². The first-order chi connectivity index (χ1) is 21.0. The van der Waals surface area contributed by atoms with Crippen molar-refractivity contribution in [3.8, 4) is 22.8 Å². The molecule has 43 heavy (non-hydrogen) atoms. The van der Waals surface area contributed by atoms with Crippen LogP contribution in [0, 0.1) is 5.92 Å². The van der Waals surface area contributed by atoms with E-state index in [0.29, 0.717) is 30.6 Å². The molecule has 1 fully saturated rings. The highest BCUT2D eigenvalue weighted by atomic mass is 32.2. The van der Waals surface area contributed by atoms with Crippen LogP contribution in [0.15, 0.2) is 84.0 Å². The minimum absolute atomic E-state index is 0.0390. The zero-order valence-electron chi connectivity index (χ0n) is 24.7.